The lowest BCUT2D eigenvalue weighted by Crippen LogP contribution is -2.18. The molecule has 8 heteroatoms. The third kappa shape index (κ3) is 5.56. The highest BCUT2D eigenvalue weighted by atomic mass is 19.4. The molecular weight excluding hydrogens is 263 g/mol. The van der Waals surface area contributed by atoms with E-state index in [1.807, 2.05) is 13.8 Å². The van der Waals surface area contributed by atoms with Gasteiger partial charge in [0.1, 0.15) is 6.61 Å². The van der Waals surface area contributed by atoms with Gasteiger partial charge in [-0.15, -0.1) is 0 Å². The summed E-state index contributed by atoms with van der Waals surface area (Å²) in [5, 5.41) is 3.70. The summed E-state index contributed by atoms with van der Waals surface area (Å²) in [6, 6.07) is 0. The van der Waals surface area contributed by atoms with Crippen LogP contribution in [0.5, 0.6) is 0 Å². The molecule has 0 spiro atoms. The molecule has 1 atom stereocenters. The molecule has 1 aromatic heterocycles. The van der Waals surface area contributed by atoms with E-state index in [0.717, 1.165) is 0 Å². The Labute approximate surface area is 109 Å². The van der Waals surface area contributed by atoms with E-state index in [-0.39, 0.29) is 24.9 Å². The zero-order chi connectivity index (χ0) is 14.5. The second kappa shape index (κ2) is 6.85. The van der Waals surface area contributed by atoms with Crippen molar-refractivity contribution in [3.8, 4) is 0 Å². The van der Waals surface area contributed by atoms with Crippen molar-refractivity contribution in [2.45, 2.75) is 32.4 Å². The molecule has 1 heterocycles. The van der Waals surface area contributed by atoms with E-state index in [0.29, 0.717) is 18.3 Å². The van der Waals surface area contributed by atoms with Gasteiger partial charge in [-0.1, -0.05) is 19.0 Å². The van der Waals surface area contributed by atoms with Crippen molar-refractivity contribution in [3.63, 3.8) is 0 Å². The number of rotatable bonds is 7. The van der Waals surface area contributed by atoms with Crippen LogP contribution in [0.25, 0.3) is 0 Å². The monoisotopic (exact) mass is 281 g/mol. The van der Waals surface area contributed by atoms with Crippen molar-refractivity contribution in [2.75, 3.05) is 19.8 Å². The minimum Gasteiger partial charge on any atom is -0.372 e. The van der Waals surface area contributed by atoms with E-state index < -0.39 is 12.8 Å². The van der Waals surface area contributed by atoms with Crippen molar-refractivity contribution in [1.82, 2.24) is 10.1 Å². The second-order valence-electron chi connectivity index (χ2n) is 4.55. The quantitative estimate of drug-likeness (QED) is 0.772. The Hall–Kier alpha value is -1.15. The molecule has 0 amide bonds. The molecule has 19 heavy (non-hydrogen) atoms. The van der Waals surface area contributed by atoms with Crippen LogP contribution in [0.4, 0.5) is 13.2 Å². The van der Waals surface area contributed by atoms with Gasteiger partial charge in [0.25, 0.3) is 0 Å². The molecule has 0 aliphatic carbocycles. The number of ether oxygens (including phenoxy) is 1. The summed E-state index contributed by atoms with van der Waals surface area (Å²) in [5.41, 5.74) is 5.61. The molecule has 1 aromatic rings. The first kappa shape index (κ1) is 15.9. The molecule has 2 N–H and O–H groups in total. The van der Waals surface area contributed by atoms with Crippen LogP contribution < -0.4 is 5.73 Å². The molecular formula is C11H18F3N3O2. The molecule has 5 nitrogen and oxygen atoms in total. The molecule has 0 saturated heterocycles. The fourth-order valence-electron chi connectivity index (χ4n) is 1.53. The van der Waals surface area contributed by atoms with Crippen molar-refractivity contribution in [3.05, 3.63) is 11.7 Å². The Morgan fingerprint density at radius 2 is 2.05 bits per heavy atom. The van der Waals surface area contributed by atoms with Crippen molar-refractivity contribution in [2.24, 2.45) is 11.7 Å². The number of nitrogens with zero attached hydrogens (tertiary/aromatic N) is 2. The topological polar surface area (TPSA) is 74.2 Å². The number of hydrogen-bond donors (Lipinski definition) is 1. The van der Waals surface area contributed by atoms with Crippen molar-refractivity contribution in [1.29, 1.82) is 0 Å². The van der Waals surface area contributed by atoms with Gasteiger partial charge in [-0.3, -0.25) is 0 Å². The third-order valence-corrected chi connectivity index (χ3v) is 2.60. The van der Waals surface area contributed by atoms with Gasteiger partial charge in [-0.05, 0) is 5.92 Å². The zero-order valence-electron chi connectivity index (χ0n) is 10.9. The molecule has 0 saturated carbocycles. The molecule has 1 rings (SSSR count). The molecule has 0 aromatic carbocycles. The van der Waals surface area contributed by atoms with Gasteiger partial charge in [0.05, 0.1) is 12.5 Å². The Kier molecular flexibility index (Phi) is 5.74. The lowest BCUT2D eigenvalue weighted by atomic mass is 9.96. The minimum absolute atomic E-state index is 0.0441. The van der Waals surface area contributed by atoms with Crippen molar-refractivity contribution < 1.29 is 22.4 Å². The predicted octanol–water partition coefficient (Wildman–Crippen LogP) is 1.89. The van der Waals surface area contributed by atoms with Crippen LogP contribution in [0, 0.1) is 5.92 Å². The molecule has 0 aliphatic heterocycles. The summed E-state index contributed by atoms with van der Waals surface area (Å²) in [7, 11) is 0. The molecule has 0 bridgehead atoms. The number of hydrogen-bond acceptors (Lipinski definition) is 5. The van der Waals surface area contributed by atoms with E-state index in [1.54, 1.807) is 0 Å². The largest absolute Gasteiger partial charge is 0.411 e. The fraction of sp³-hybridized carbons (Fsp3) is 0.818. The van der Waals surface area contributed by atoms with Crippen LogP contribution >= 0.6 is 0 Å². The predicted molar refractivity (Wildman–Crippen MR) is 61.5 cm³/mol. The molecule has 110 valence electrons. The summed E-state index contributed by atoms with van der Waals surface area (Å²) < 4.78 is 45.0. The van der Waals surface area contributed by atoms with Crippen LogP contribution in [-0.2, 0) is 11.2 Å². The Balaban J connectivity index is 2.43. The SMILES string of the molecule is CC(C)C(CN)c1nc(CCOCC(F)(F)F)no1. The molecule has 0 fully saturated rings. The lowest BCUT2D eigenvalue weighted by Gasteiger charge is -2.13. The maximum Gasteiger partial charge on any atom is 0.411 e. The third-order valence-electron chi connectivity index (χ3n) is 2.60. The van der Waals surface area contributed by atoms with E-state index >= 15 is 0 Å². The molecule has 1 unspecified atom stereocenters. The lowest BCUT2D eigenvalue weighted by molar-refractivity contribution is -0.173. The normalized spacial score (nSPS) is 14.1. The van der Waals surface area contributed by atoms with Gasteiger partial charge in [-0.2, -0.15) is 18.2 Å². The smallest absolute Gasteiger partial charge is 0.372 e. The summed E-state index contributed by atoms with van der Waals surface area (Å²) in [6.45, 7) is 2.97. The van der Waals surface area contributed by atoms with E-state index in [1.165, 1.54) is 0 Å². The van der Waals surface area contributed by atoms with Gasteiger partial charge >= 0.3 is 6.18 Å². The average Bonchev–Trinajstić information content (AvgIpc) is 2.72. The molecule has 0 radical (unpaired) electrons. The van der Waals surface area contributed by atoms with E-state index in [9.17, 15) is 13.2 Å². The maximum atomic E-state index is 11.8. The Morgan fingerprint density at radius 3 is 2.58 bits per heavy atom. The highest BCUT2D eigenvalue weighted by Crippen LogP contribution is 2.21. The van der Waals surface area contributed by atoms with Gasteiger partial charge in [0.2, 0.25) is 5.89 Å². The first-order chi connectivity index (χ1) is 8.83. The Morgan fingerprint density at radius 1 is 1.37 bits per heavy atom. The van der Waals surface area contributed by atoms with Crippen LogP contribution in [-0.4, -0.2) is 36.1 Å². The first-order valence-corrected chi connectivity index (χ1v) is 6.00. The minimum atomic E-state index is -4.31. The zero-order valence-corrected chi connectivity index (χ0v) is 10.9. The van der Waals surface area contributed by atoms with Gasteiger partial charge in [-0.25, -0.2) is 0 Å². The van der Waals surface area contributed by atoms with Crippen LogP contribution in [0.2, 0.25) is 0 Å². The van der Waals surface area contributed by atoms with Crippen LogP contribution in [0.3, 0.4) is 0 Å². The second-order valence-corrected chi connectivity index (χ2v) is 4.55. The van der Waals surface area contributed by atoms with Gasteiger partial charge in [0.15, 0.2) is 5.82 Å². The fourth-order valence-corrected chi connectivity index (χ4v) is 1.53. The average molecular weight is 281 g/mol. The van der Waals surface area contributed by atoms with Crippen LogP contribution in [0.1, 0.15) is 31.5 Å². The van der Waals surface area contributed by atoms with Crippen LogP contribution in [0.15, 0.2) is 4.52 Å². The van der Waals surface area contributed by atoms with Crippen molar-refractivity contribution >= 4 is 0 Å². The summed E-state index contributed by atoms with van der Waals surface area (Å²) in [5.74, 6) is 0.955. The van der Waals surface area contributed by atoms with E-state index in [2.05, 4.69) is 14.9 Å². The first-order valence-electron chi connectivity index (χ1n) is 6.00. The Bertz CT molecular complexity index is 380. The maximum absolute atomic E-state index is 11.8. The highest BCUT2D eigenvalue weighted by molar-refractivity contribution is 4.96. The van der Waals surface area contributed by atoms with E-state index in [4.69, 9.17) is 10.3 Å². The molecule has 0 aliphatic rings. The summed E-state index contributed by atoms with van der Waals surface area (Å²) in [6.07, 6.45) is -4.14. The number of aromatic nitrogens is 2. The summed E-state index contributed by atoms with van der Waals surface area (Å²) in [4.78, 5) is 4.12. The highest BCUT2D eigenvalue weighted by Gasteiger charge is 2.27. The van der Waals surface area contributed by atoms with Gasteiger partial charge in [0, 0.05) is 13.0 Å². The summed E-state index contributed by atoms with van der Waals surface area (Å²) >= 11 is 0. The standard InChI is InChI=1S/C11H18F3N3O2/c1-7(2)8(5-15)10-16-9(17-19-10)3-4-18-6-11(12,13)14/h7-8H,3-6,15H2,1-2H3. The number of alkyl halides is 3. The number of halogens is 3. The number of nitrogens with two attached hydrogens (primary N) is 1. The van der Waals surface area contributed by atoms with Gasteiger partial charge < -0.3 is 15.0 Å².